The van der Waals surface area contributed by atoms with Crippen LogP contribution in [-0.2, 0) is 11.2 Å². The van der Waals surface area contributed by atoms with Gasteiger partial charge in [-0.1, -0.05) is 6.07 Å². The average molecular weight is 375 g/mol. The molecule has 2 aromatic rings. The van der Waals surface area contributed by atoms with Crippen LogP contribution in [0.15, 0.2) is 30.3 Å². The monoisotopic (exact) mass is 375 g/mol. The Hall–Kier alpha value is -3.29. The standard InChI is InChI=1S/C19H21NO7/c1-20(2)19(24)27-17-9-12-13(22)7-11(21)8-16(12)26-18(17)10-4-5-15(25-3)14(23)6-10/h4-8,17-18,21-23H,9H2,1-3H3. The van der Waals surface area contributed by atoms with E-state index < -0.39 is 18.3 Å². The first-order valence-corrected chi connectivity index (χ1v) is 8.26. The van der Waals surface area contributed by atoms with Crippen molar-refractivity contribution in [1.29, 1.82) is 0 Å². The van der Waals surface area contributed by atoms with Gasteiger partial charge < -0.3 is 34.4 Å². The van der Waals surface area contributed by atoms with E-state index in [0.29, 0.717) is 16.9 Å². The summed E-state index contributed by atoms with van der Waals surface area (Å²) in [6.07, 6.45) is -1.89. The molecule has 1 aliphatic heterocycles. The Morgan fingerprint density at radius 2 is 1.89 bits per heavy atom. The van der Waals surface area contributed by atoms with Crippen molar-refractivity contribution in [3.05, 3.63) is 41.5 Å². The van der Waals surface area contributed by atoms with Crippen molar-refractivity contribution in [2.45, 2.75) is 18.6 Å². The molecule has 27 heavy (non-hydrogen) atoms. The van der Waals surface area contributed by atoms with Crippen LogP contribution >= 0.6 is 0 Å². The van der Waals surface area contributed by atoms with Gasteiger partial charge in [-0.15, -0.1) is 0 Å². The molecule has 8 nitrogen and oxygen atoms in total. The van der Waals surface area contributed by atoms with E-state index in [2.05, 4.69) is 0 Å². The third kappa shape index (κ3) is 3.64. The van der Waals surface area contributed by atoms with E-state index in [0.717, 1.165) is 0 Å². The number of ether oxygens (including phenoxy) is 3. The number of phenols is 3. The number of methoxy groups -OCH3 is 1. The molecule has 0 aliphatic carbocycles. The molecule has 2 atom stereocenters. The molecule has 0 radical (unpaired) electrons. The number of rotatable bonds is 3. The maximum Gasteiger partial charge on any atom is 0.409 e. The molecule has 8 heteroatoms. The van der Waals surface area contributed by atoms with Gasteiger partial charge in [0, 0.05) is 43.8 Å². The number of fused-ring (bicyclic) bond motifs is 1. The summed E-state index contributed by atoms with van der Waals surface area (Å²) in [6.45, 7) is 0. The van der Waals surface area contributed by atoms with Crippen molar-refractivity contribution in [1.82, 2.24) is 4.90 Å². The maximum atomic E-state index is 12.1. The molecule has 2 aromatic carbocycles. The largest absolute Gasteiger partial charge is 0.508 e. The summed E-state index contributed by atoms with van der Waals surface area (Å²) in [5.74, 6) is 0.205. The van der Waals surface area contributed by atoms with E-state index in [1.165, 1.54) is 30.2 Å². The molecular formula is C19H21NO7. The number of hydrogen-bond acceptors (Lipinski definition) is 7. The van der Waals surface area contributed by atoms with Gasteiger partial charge in [0.1, 0.15) is 23.4 Å². The second-order valence-corrected chi connectivity index (χ2v) is 6.43. The van der Waals surface area contributed by atoms with E-state index in [1.54, 1.807) is 26.2 Å². The molecule has 3 rings (SSSR count). The van der Waals surface area contributed by atoms with Crippen LogP contribution in [0.1, 0.15) is 17.2 Å². The first-order chi connectivity index (χ1) is 12.8. The Bertz CT molecular complexity index is 865. The lowest BCUT2D eigenvalue weighted by atomic mass is 9.93. The van der Waals surface area contributed by atoms with Crippen LogP contribution in [0.4, 0.5) is 4.79 Å². The summed E-state index contributed by atoms with van der Waals surface area (Å²) < 4.78 is 16.5. The van der Waals surface area contributed by atoms with Gasteiger partial charge in [0.15, 0.2) is 17.6 Å². The predicted octanol–water partition coefficient (Wildman–Crippen LogP) is 2.56. The second-order valence-electron chi connectivity index (χ2n) is 6.43. The highest BCUT2D eigenvalue weighted by Crippen LogP contribution is 2.43. The molecule has 1 amide bonds. The van der Waals surface area contributed by atoms with Gasteiger partial charge in [-0.05, 0) is 12.1 Å². The highest BCUT2D eigenvalue weighted by molar-refractivity contribution is 5.67. The third-order valence-corrected chi connectivity index (χ3v) is 4.32. The Morgan fingerprint density at radius 3 is 2.52 bits per heavy atom. The Morgan fingerprint density at radius 1 is 1.15 bits per heavy atom. The highest BCUT2D eigenvalue weighted by Gasteiger charge is 2.36. The van der Waals surface area contributed by atoms with Gasteiger partial charge in [-0.3, -0.25) is 0 Å². The number of hydrogen-bond donors (Lipinski definition) is 3. The van der Waals surface area contributed by atoms with Crippen molar-refractivity contribution < 1.29 is 34.3 Å². The summed E-state index contributed by atoms with van der Waals surface area (Å²) >= 11 is 0. The number of carbonyl (C=O) groups is 1. The number of benzene rings is 2. The molecule has 0 fully saturated rings. The normalized spacial score (nSPS) is 18.2. The molecular weight excluding hydrogens is 354 g/mol. The van der Waals surface area contributed by atoms with Crippen LogP contribution in [0.25, 0.3) is 0 Å². The van der Waals surface area contributed by atoms with Crippen LogP contribution in [0.5, 0.6) is 28.7 Å². The van der Waals surface area contributed by atoms with Crippen molar-refractivity contribution in [2.24, 2.45) is 0 Å². The van der Waals surface area contributed by atoms with Gasteiger partial charge in [0.25, 0.3) is 0 Å². The number of aromatic hydroxyl groups is 3. The van der Waals surface area contributed by atoms with Crippen LogP contribution < -0.4 is 9.47 Å². The van der Waals surface area contributed by atoms with Crippen LogP contribution in [0, 0.1) is 0 Å². The minimum absolute atomic E-state index is 0.0826. The Labute approximate surface area is 156 Å². The Balaban J connectivity index is 2.01. The van der Waals surface area contributed by atoms with E-state index >= 15 is 0 Å². The first kappa shape index (κ1) is 18.5. The molecule has 1 aliphatic rings. The highest BCUT2D eigenvalue weighted by atomic mass is 16.6. The smallest absolute Gasteiger partial charge is 0.409 e. The van der Waals surface area contributed by atoms with Gasteiger partial charge in [-0.25, -0.2) is 4.79 Å². The summed E-state index contributed by atoms with van der Waals surface area (Å²) in [6, 6.07) is 7.32. The van der Waals surface area contributed by atoms with E-state index in [9.17, 15) is 20.1 Å². The lowest BCUT2D eigenvalue weighted by Crippen LogP contribution is -2.37. The predicted molar refractivity (Wildman–Crippen MR) is 95.5 cm³/mol. The fourth-order valence-corrected chi connectivity index (χ4v) is 2.95. The minimum Gasteiger partial charge on any atom is -0.508 e. The number of amides is 1. The summed E-state index contributed by atoms with van der Waals surface area (Å²) in [4.78, 5) is 13.4. The molecule has 0 bridgehead atoms. The van der Waals surface area contributed by atoms with Gasteiger partial charge >= 0.3 is 6.09 Å². The van der Waals surface area contributed by atoms with Crippen LogP contribution in [0.2, 0.25) is 0 Å². The van der Waals surface area contributed by atoms with Gasteiger partial charge in [-0.2, -0.15) is 0 Å². The topological polar surface area (TPSA) is 109 Å². The number of carbonyl (C=O) groups excluding carboxylic acids is 1. The molecule has 144 valence electrons. The van der Waals surface area contributed by atoms with E-state index in [-0.39, 0.29) is 29.4 Å². The quantitative estimate of drug-likeness (QED) is 0.756. The third-order valence-electron chi connectivity index (χ3n) is 4.32. The minimum atomic E-state index is -0.754. The van der Waals surface area contributed by atoms with E-state index in [1.807, 2.05) is 0 Å². The molecule has 0 saturated heterocycles. The zero-order chi connectivity index (χ0) is 19.7. The zero-order valence-electron chi connectivity index (χ0n) is 15.2. The lowest BCUT2D eigenvalue weighted by molar-refractivity contribution is -0.00761. The fourth-order valence-electron chi connectivity index (χ4n) is 2.95. The Kier molecular flexibility index (Phi) is 4.89. The lowest BCUT2D eigenvalue weighted by Gasteiger charge is -2.34. The van der Waals surface area contributed by atoms with Crippen molar-refractivity contribution in [3.8, 4) is 28.7 Å². The molecule has 2 unspecified atom stereocenters. The molecule has 3 N–H and O–H groups in total. The number of phenolic OH excluding ortho intramolecular Hbond substituents is 3. The molecule has 1 heterocycles. The first-order valence-electron chi connectivity index (χ1n) is 8.26. The van der Waals surface area contributed by atoms with Crippen LogP contribution in [0.3, 0.4) is 0 Å². The zero-order valence-corrected chi connectivity index (χ0v) is 15.2. The maximum absolute atomic E-state index is 12.1. The van der Waals surface area contributed by atoms with Crippen molar-refractivity contribution >= 4 is 6.09 Å². The SMILES string of the molecule is COc1ccc(C2Oc3cc(O)cc(O)c3CC2OC(=O)N(C)C)cc1O. The molecule has 0 spiro atoms. The van der Waals surface area contributed by atoms with Gasteiger partial charge in [0.2, 0.25) is 0 Å². The number of nitrogens with zero attached hydrogens (tertiary/aromatic N) is 1. The van der Waals surface area contributed by atoms with Crippen molar-refractivity contribution in [2.75, 3.05) is 21.2 Å². The average Bonchev–Trinajstić information content (AvgIpc) is 2.61. The summed E-state index contributed by atoms with van der Waals surface area (Å²) in [5.41, 5.74) is 0.983. The van der Waals surface area contributed by atoms with Crippen molar-refractivity contribution in [3.63, 3.8) is 0 Å². The second kappa shape index (κ2) is 7.14. The van der Waals surface area contributed by atoms with E-state index in [4.69, 9.17) is 14.2 Å². The molecule has 0 aromatic heterocycles. The summed E-state index contributed by atoms with van der Waals surface area (Å²) in [7, 11) is 4.56. The molecule has 0 saturated carbocycles. The fraction of sp³-hybridized carbons (Fsp3) is 0.316. The van der Waals surface area contributed by atoms with Crippen LogP contribution in [-0.4, -0.2) is 53.6 Å². The van der Waals surface area contributed by atoms with Gasteiger partial charge in [0.05, 0.1) is 7.11 Å². The summed E-state index contributed by atoms with van der Waals surface area (Å²) in [5, 5.41) is 29.9.